The van der Waals surface area contributed by atoms with Gasteiger partial charge in [-0.2, -0.15) is 5.10 Å². The summed E-state index contributed by atoms with van der Waals surface area (Å²) in [5.74, 6) is 0.581. The molecule has 1 amide bonds. The van der Waals surface area contributed by atoms with Gasteiger partial charge in [0.2, 0.25) is 5.91 Å². The van der Waals surface area contributed by atoms with E-state index in [1.54, 1.807) is 18.6 Å². The van der Waals surface area contributed by atoms with E-state index in [0.717, 1.165) is 11.1 Å². The molecule has 5 nitrogen and oxygen atoms in total. The third kappa shape index (κ3) is 2.44. The molecule has 2 N–H and O–H groups in total. The number of nitrogens with zero attached hydrogens (tertiary/aromatic N) is 2. The predicted octanol–water partition coefficient (Wildman–Crippen LogP) is 1.29. The Morgan fingerprint density at radius 3 is 2.81 bits per heavy atom. The minimum atomic E-state index is -0.0708. The van der Waals surface area contributed by atoms with Crippen molar-refractivity contribution < 1.29 is 4.79 Å². The quantitative estimate of drug-likeness (QED) is 0.812. The molecule has 0 radical (unpaired) electrons. The lowest BCUT2D eigenvalue weighted by Gasteiger charge is -2.03. The van der Waals surface area contributed by atoms with Crippen molar-refractivity contribution in [2.45, 2.75) is 13.3 Å². The molecule has 2 rings (SSSR count). The molecule has 0 atom stereocenters. The Bertz CT molecular complexity index is 478. The fourth-order valence-electron chi connectivity index (χ4n) is 1.34. The fraction of sp³-hybridized carbons (Fsp3) is 0.182. The van der Waals surface area contributed by atoms with Gasteiger partial charge in [0.25, 0.3) is 0 Å². The van der Waals surface area contributed by atoms with E-state index in [9.17, 15) is 4.79 Å². The molecule has 0 spiro atoms. The number of amides is 1. The molecule has 0 saturated heterocycles. The maximum absolute atomic E-state index is 11.7. The van der Waals surface area contributed by atoms with Crippen LogP contribution in [0.25, 0.3) is 0 Å². The molecule has 0 aromatic carbocycles. The van der Waals surface area contributed by atoms with Crippen molar-refractivity contribution >= 4 is 11.7 Å². The number of carbonyl (C=O) groups excluding carboxylic acids is 1. The Kier molecular flexibility index (Phi) is 2.95. The van der Waals surface area contributed by atoms with Crippen molar-refractivity contribution in [1.29, 1.82) is 0 Å². The van der Waals surface area contributed by atoms with E-state index in [2.05, 4.69) is 20.5 Å². The molecule has 16 heavy (non-hydrogen) atoms. The Balaban J connectivity index is 1.98. The highest BCUT2D eigenvalue weighted by atomic mass is 16.1. The van der Waals surface area contributed by atoms with Gasteiger partial charge in [0.15, 0.2) is 0 Å². The molecule has 2 aromatic heterocycles. The Morgan fingerprint density at radius 1 is 1.44 bits per heavy atom. The van der Waals surface area contributed by atoms with Crippen LogP contribution in [0.3, 0.4) is 0 Å². The molecule has 0 aliphatic heterocycles. The van der Waals surface area contributed by atoms with Gasteiger partial charge < -0.3 is 5.32 Å². The lowest BCUT2D eigenvalue weighted by Crippen LogP contribution is -2.15. The number of hydrogen-bond acceptors (Lipinski definition) is 3. The molecule has 0 saturated carbocycles. The lowest BCUT2D eigenvalue weighted by molar-refractivity contribution is -0.115. The number of aromatic amines is 1. The van der Waals surface area contributed by atoms with Gasteiger partial charge in [0.1, 0.15) is 5.82 Å². The zero-order valence-corrected chi connectivity index (χ0v) is 8.90. The second-order valence-corrected chi connectivity index (χ2v) is 3.51. The van der Waals surface area contributed by atoms with Crippen molar-refractivity contribution in [3.05, 3.63) is 41.9 Å². The summed E-state index contributed by atoms with van der Waals surface area (Å²) in [5.41, 5.74) is 1.85. The first kappa shape index (κ1) is 10.4. The second-order valence-electron chi connectivity index (χ2n) is 3.51. The number of pyridine rings is 1. The first-order chi connectivity index (χ1) is 7.75. The van der Waals surface area contributed by atoms with Crippen LogP contribution >= 0.6 is 0 Å². The summed E-state index contributed by atoms with van der Waals surface area (Å²) in [6.07, 6.45) is 5.34. The molecule has 5 heteroatoms. The zero-order valence-electron chi connectivity index (χ0n) is 8.90. The SMILES string of the molecule is Cc1cn[nH]c1NC(=O)Cc1ccncc1. The highest BCUT2D eigenvalue weighted by molar-refractivity contribution is 5.91. The first-order valence-electron chi connectivity index (χ1n) is 4.94. The van der Waals surface area contributed by atoms with Crippen molar-refractivity contribution in [2.24, 2.45) is 0 Å². The maximum Gasteiger partial charge on any atom is 0.229 e. The van der Waals surface area contributed by atoms with E-state index in [1.165, 1.54) is 0 Å². The Hall–Kier alpha value is -2.17. The summed E-state index contributed by atoms with van der Waals surface area (Å²) in [6, 6.07) is 3.64. The zero-order chi connectivity index (χ0) is 11.4. The molecular weight excluding hydrogens is 204 g/mol. The van der Waals surface area contributed by atoms with Crippen LogP contribution in [0.2, 0.25) is 0 Å². The van der Waals surface area contributed by atoms with Gasteiger partial charge in [-0.15, -0.1) is 0 Å². The number of anilines is 1. The minimum absolute atomic E-state index is 0.0708. The van der Waals surface area contributed by atoms with Gasteiger partial charge in [0, 0.05) is 18.0 Å². The minimum Gasteiger partial charge on any atom is -0.311 e. The van der Waals surface area contributed by atoms with E-state index >= 15 is 0 Å². The average Bonchev–Trinajstić information content (AvgIpc) is 2.66. The smallest absolute Gasteiger partial charge is 0.229 e. The molecule has 0 aliphatic rings. The first-order valence-corrected chi connectivity index (χ1v) is 4.94. The van der Waals surface area contributed by atoms with E-state index < -0.39 is 0 Å². The number of aromatic nitrogens is 3. The average molecular weight is 216 g/mol. The Labute approximate surface area is 92.9 Å². The summed E-state index contributed by atoms with van der Waals surface area (Å²) in [6.45, 7) is 1.88. The van der Waals surface area contributed by atoms with Crippen LogP contribution in [-0.4, -0.2) is 21.1 Å². The number of nitrogens with one attached hydrogen (secondary N) is 2. The van der Waals surface area contributed by atoms with E-state index in [1.807, 2.05) is 19.1 Å². The van der Waals surface area contributed by atoms with Gasteiger partial charge in [-0.1, -0.05) is 0 Å². The number of rotatable bonds is 3. The van der Waals surface area contributed by atoms with Crippen molar-refractivity contribution in [3.8, 4) is 0 Å². The van der Waals surface area contributed by atoms with Crippen molar-refractivity contribution in [2.75, 3.05) is 5.32 Å². The second kappa shape index (κ2) is 4.57. The maximum atomic E-state index is 11.7. The van der Waals surface area contributed by atoms with Gasteiger partial charge in [0.05, 0.1) is 12.6 Å². The third-order valence-corrected chi connectivity index (χ3v) is 2.21. The van der Waals surface area contributed by atoms with Gasteiger partial charge >= 0.3 is 0 Å². The van der Waals surface area contributed by atoms with Crippen LogP contribution < -0.4 is 5.32 Å². The number of carbonyl (C=O) groups is 1. The van der Waals surface area contributed by atoms with E-state index in [0.29, 0.717) is 12.2 Å². The third-order valence-electron chi connectivity index (χ3n) is 2.21. The van der Waals surface area contributed by atoms with Gasteiger partial charge in [-0.05, 0) is 24.6 Å². The lowest BCUT2D eigenvalue weighted by atomic mass is 10.2. The number of aryl methyl sites for hydroxylation is 1. The Morgan fingerprint density at radius 2 is 2.19 bits per heavy atom. The number of hydrogen-bond donors (Lipinski definition) is 2. The van der Waals surface area contributed by atoms with E-state index in [-0.39, 0.29) is 5.91 Å². The summed E-state index contributed by atoms with van der Waals surface area (Å²) in [5, 5.41) is 9.32. The van der Waals surface area contributed by atoms with Gasteiger partial charge in [-0.25, -0.2) is 0 Å². The predicted molar refractivity (Wildman–Crippen MR) is 59.9 cm³/mol. The molecule has 0 unspecified atom stereocenters. The van der Waals surface area contributed by atoms with Crippen molar-refractivity contribution in [1.82, 2.24) is 15.2 Å². The fourth-order valence-corrected chi connectivity index (χ4v) is 1.34. The summed E-state index contributed by atoms with van der Waals surface area (Å²) in [4.78, 5) is 15.5. The molecule has 0 bridgehead atoms. The van der Waals surface area contributed by atoms with Crippen LogP contribution in [0.15, 0.2) is 30.7 Å². The molecule has 2 heterocycles. The molecule has 2 aromatic rings. The normalized spacial score (nSPS) is 10.1. The van der Waals surface area contributed by atoms with Crippen LogP contribution in [0, 0.1) is 6.92 Å². The highest BCUT2D eigenvalue weighted by Gasteiger charge is 2.06. The van der Waals surface area contributed by atoms with Crippen molar-refractivity contribution in [3.63, 3.8) is 0 Å². The largest absolute Gasteiger partial charge is 0.311 e. The van der Waals surface area contributed by atoms with Crippen LogP contribution in [0.5, 0.6) is 0 Å². The molecule has 82 valence electrons. The standard InChI is InChI=1S/C11H12N4O/c1-8-7-13-15-11(8)14-10(16)6-9-2-4-12-5-3-9/h2-5,7H,6H2,1H3,(H2,13,14,15,16). The van der Waals surface area contributed by atoms with Crippen LogP contribution in [-0.2, 0) is 11.2 Å². The molecule has 0 aliphatic carbocycles. The van der Waals surface area contributed by atoms with Gasteiger partial charge in [-0.3, -0.25) is 14.9 Å². The topological polar surface area (TPSA) is 70.7 Å². The van der Waals surface area contributed by atoms with Crippen LogP contribution in [0.1, 0.15) is 11.1 Å². The monoisotopic (exact) mass is 216 g/mol. The summed E-state index contributed by atoms with van der Waals surface area (Å²) in [7, 11) is 0. The van der Waals surface area contributed by atoms with E-state index in [4.69, 9.17) is 0 Å². The molecule has 0 fully saturated rings. The summed E-state index contributed by atoms with van der Waals surface area (Å²) >= 11 is 0. The summed E-state index contributed by atoms with van der Waals surface area (Å²) < 4.78 is 0. The number of H-pyrrole nitrogens is 1. The molecular formula is C11H12N4O. The van der Waals surface area contributed by atoms with Crippen LogP contribution in [0.4, 0.5) is 5.82 Å². The highest BCUT2D eigenvalue weighted by Crippen LogP contribution is 2.09.